The Kier molecular flexibility index (Phi) is 3.66. The van der Waals surface area contributed by atoms with E-state index in [-0.39, 0.29) is 0 Å². The zero-order valence-electron chi connectivity index (χ0n) is 11.1. The monoisotopic (exact) mass is 277 g/mol. The number of benzene rings is 1. The lowest BCUT2D eigenvalue weighted by Crippen LogP contribution is -2.31. The fraction of sp³-hybridized carbons (Fsp3) is 0.500. The Bertz CT molecular complexity index is 561. The Balaban J connectivity index is 1.84. The minimum atomic E-state index is 0.301. The molecule has 4 nitrogen and oxygen atoms in total. The maximum absolute atomic E-state index is 6.19. The van der Waals surface area contributed by atoms with Crippen molar-refractivity contribution in [3.63, 3.8) is 0 Å². The summed E-state index contributed by atoms with van der Waals surface area (Å²) in [6, 6.07) is 4.43. The SMILES string of the molecule is CSc1c(OC2CCC(N)CC2)ccc2[nH]ncc12. The van der Waals surface area contributed by atoms with Crippen LogP contribution in [-0.4, -0.2) is 28.6 Å². The van der Waals surface area contributed by atoms with Gasteiger partial charge in [-0.3, -0.25) is 5.10 Å². The molecule has 1 aliphatic carbocycles. The van der Waals surface area contributed by atoms with Crippen LogP contribution in [0.3, 0.4) is 0 Å². The van der Waals surface area contributed by atoms with Crippen molar-refractivity contribution in [1.29, 1.82) is 0 Å². The maximum atomic E-state index is 6.19. The zero-order chi connectivity index (χ0) is 13.2. The van der Waals surface area contributed by atoms with Crippen molar-refractivity contribution in [2.24, 2.45) is 5.73 Å². The number of nitrogens with two attached hydrogens (primary N) is 1. The number of hydrogen-bond donors (Lipinski definition) is 2. The highest BCUT2D eigenvalue weighted by molar-refractivity contribution is 7.99. The van der Waals surface area contributed by atoms with E-state index in [1.54, 1.807) is 11.8 Å². The van der Waals surface area contributed by atoms with Gasteiger partial charge in [0.25, 0.3) is 0 Å². The number of nitrogens with zero attached hydrogens (tertiary/aromatic N) is 1. The molecule has 0 aliphatic heterocycles. The van der Waals surface area contributed by atoms with Crippen LogP contribution in [0.15, 0.2) is 23.2 Å². The van der Waals surface area contributed by atoms with E-state index < -0.39 is 0 Å². The lowest BCUT2D eigenvalue weighted by atomic mass is 9.94. The summed E-state index contributed by atoms with van der Waals surface area (Å²) in [7, 11) is 0. The molecule has 0 amide bonds. The Hall–Kier alpha value is -1.20. The second-order valence-corrected chi connectivity index (χ2v) is 5.90. The summed E-state index contributed by atoms with van der Waals surface area (Å²) in [6.07, 6.45) is 8.48. The first-order valence-electron chi connectivity index (χ1n) is 6.70. The molecule has 1 saturated carbocycles. The molecule has 0 atom stereocenters. The minimum Gasteiger partial charge on any atom is -0.489 e. The van der Waals surface area contributed by atoms with Crippen LogP contribution >= 0.6 is 11.8 Å². The summed E-state index contributed by atoms with van der Waals surface area (Å²) in [5, 5.41) is 8.23. The second-order valence-electron chi connectivity index (χ2n) is 5.08. The standard InChI is InChI=1S/C14H19N3OS/c1-19-14-11-8-16-17-12(11)6-7-13(14)18-10-4-2-9(15)3-5-10/h6-10H,2-5,15H2,1H3,(H,16,17). The van der Waals surface area contributed by atoms with Crippen molar-refractivity contribution in [2.75, 3.05) is 6.26 Å². The number of hydrogen-bond acceptors (Lipinski definition) is 4. The smallest absolute Gasteiger partial charge is 0.134 e. The molecule has 102 valence electrons. The van der Waals surface area contributed by atoms with E-state index in [1.807, 2.05) is 18.3 Å². The van der Waals surface area contributed by atoms with Gasteiger partial charge >= 0.3 is 0 Å². The molecular weight excluding hydrogens is 258 g/mol. The summed E-state index contributed by atoms with van der Waals surface area (Å²) < 4.78 is 6.19. The molecule has 1 aliphatic rings. The molecule has 0 unspecified atom stereocenters. The molecule has 3 N–H and O–H groups in total. The molecule has 0 saturated heterocycles. The number of aromatic nitrogens is 2. The van der Waals surface area contributed by atoms with E-state index in [2.05, 4.69) is 16.5 Å². The van der Waals surface area contributed by atoms with Crippen molar-refractivity contribution in [2.45, 2.75) is 42.7 Å². The Morgan fingerprint density at radius 3 is 2.84 bits per heavy atom. The van der Waals surface area contributed by atoms with Crippen LogP contribution in [0.5, 0.6) is 5.75 Å². The fourth-order valence-electron chi connectivity index (χ4n) is 2.66. The highest BCUT2D eigenvalue weighted by Gasteiger charge is 2.21. The van der Waals surface area contributed by atoms with Gasteiger partial charge in [-0.2, -0.15) is 5.10 Å². The van der Waals surface area contributed by atoms with E-state index in [9.17, 15) is 0 Å². The molecule has 3 rings (SSSR count). The molecule has 0 bridgehead atoms. The predicted octanol–water partition coefficient (Wildman–Crippen LogP) is 2.93. The quantitative estimate of drug-likeness (QED) is 0.847. The van der Waals surface area contributed by atoms with Gasteiger partial charge in [0.1, 0.15) is 5.75 Å². The van der Waals surface area contributed by atoms with Crippen LogP contribution in [0.2, 0.25) is 0 Å². The van der Waals surface area contributed by atoms with E-state index in [0.717, 1.165) is 42.3 Å². The average molecular weight is 277 g/mol. The summed E-state index contributed by atoms with van der Waals surface area (Å²) in [5.41, 5.74) is 6.99. The summed E-state index contributed by atoms with van der Waals surface area (Å²) in [5.74, 6) is 0.974. The van der Waals surface area contributed by atoms with Crippen LogP contribution in [-0.2, 0) is 0 Å². The highest BCUT2D eigenvalue weighted by atomic mass is 32.2. The number of nitrogens with one attached hydrogen (secondary N) is 1. The molecule has 19 heavy (non-hydrogen) atoms. The van der Waals surface area contributed by atoms with Gasteiger partial charge in [0, 0.05) is 11.4 Å². The number of fused-ring (bicyclic) bond motifs is 1. The first kappa shape index (κ1) is 12.8. The number of thioether (sulfide) groups is 1. The Morgan fingerprint density at radius 2 is 2.11 bits per heavy atom. The Labute approximate surface area is 117 Å². The van der Waals surface area contributed by atoms with E-state index in [1.165, 1.54) is 4.90 Å². The predicted molar refractivity (Wildman–Crippen MR) is 78.7 cm³/mol. The van der Waals surface area contributed by atoms with Gasteiger partial charge in [0.05, 0.1) is 22.7 Å². The van der Waals surface area contributed by atoms with Gasteiger partial charge in [0.15, 0.2) is 0 Å². The Morgan fingerprint density at radius 1 is 1.32 bits per heavy atom. The number of aromatic amines is 1. The van der Waals surface area contributed by atoms with Crippen LogP contribution in [0.25, 0.3) is 10.9 Å². The van der Waals surface area contributed by atoms with E-state index in [0.29, 0.717) is 12.1 Å². The van der Waals surface area contributed by atoms with Crippen molar-refractivity contribution in [1.82, 2.24) is 10.2 Å². The van der Waals surface area contributed by atoms with Crippen molar-refractivity contribution < 1.29 is 4.74 Å². The van der Waals surface area contributed by atoms with Crippen LogP contribution in [0, 0.1) is 0 Å². The third kappa shape index (κ3) is 2.58. The fourth-order valence-corrected chi connectivity index (χ4v) is 3.36. The first-order valence-corrected chi connectivity index (χ1v) is 7.92. The third-order valence-electron chi connectivity index (χ3n) is 3.76. The average Bonchev–Trinajstić information content (AvgIpc) is 2.89. The minimum absolute atomic E-state index is 0.301. The number of H-pyrrole nitrogens is 1. The molecular formula is C14H19N3OS. The molecule has 1 aromatic carbocycles. The first-order chi connectivity index (χ1) is 9.28. The zero-order valence-corrected chi connectivity index (χ0v) is 11.9. The van der Waals surface area contributed by atoms with Gasteiger partial charge in [-0.15, -0.1) is 11.8 Å². The van der Waals surface area contributed by atoms with Crippen LogP contribution in [0.4, 0.5) is 0 Å². The van der Waals surface area contributed by atoms with Crippen molar-refractivity contribution in [3.05, 3.63) is 18.3 Å². The lowest BCUT2D eigenvalue weighted by Gasteiger charge is -2.27. The molecule has 1 heterocycles. The van der Waals surface area contributed by atoms with E-state index in [4.69, 9.17) is 10.5 Å². The lowest BCUT2D eigenvalue weighted by molar-refractivity contribution is 0.144. The number of rotatable bonds is 3. The van der Waals surface area contributed by atoms with Gasteiger partial charge < -0.3 is 10.5 Å². The van der Waals surface area contributed by atoms with Gasteiger partial charge in [-0.05, 0) is 44.1 Å². The second kappa shape index (κ2) is 5.43. The van der Waals surface area contributed by atoms with Gasteiger partial charge in [-0.1, -0.05) is 0 Å². The highest BCUT2D eigenvalue weighted by Crippen LogP contribution is 2.36. The molecule has 0 radical (unpaired) electrons. The summed E-state index contributed by atoms with van der Waals surface area (Å²) in [6.45, 7) is 0. The molecule has 1 aromatic heterocycles. The summed E-state index contributed by atoms with van der Waals surface area (Å²) in [4.78, 5) is 1.17. The number of ether oxygens (including phenoxy) is 1. The normalized spacial score (nSPS) is 23.7. The van der Waals surface area contributed by atoms with Crippen molar-refractivity contribution >= 4 is 22.7 Å². The molecule has 1 fully saturated rings. The van der Waals surface area contributed by atoms with Gasteiger partial charge in [-0.25, -0.2) is 0 Å². The third-order valence-corrected chi connectivity index (χ3v) is 4.58. The van der Waals surface area contributed by atoms with Crippen molar-refractivity contribution in [3.8, 4) is 5.75 Å². The van der Waals surface area contributed by atoms with Crippen LogP contribution < -0.4 is 10.5 Å². The maximum Gasteiger partial charge on any atom is 0.134 e. The summed E-state index contributed by atoms with van der Waals surface area (Å²) >= 11 is 1.71. The molecule has 2 aromatic rings. The van der Waals surface area contributed by atoms with E-state index >= 15 is 0 Å². The topological polar surface area (TPSA) is 63.9 Å². The van der Waals surface area contributed by atoms with Crippen LogP contribution in [0.1, 0.15) is 25.7 Å². The molecule has 5 heteroatoms. The largest absolute Gasteiger partial charge is 0.489 e. The molecule has 0 spiro atoms. The van der Waals surface area contributed by atoms with Gasteiger partial charge in [0.2, 0.25) is 0 Å².